The molecule has 3 saturated heterocycles. The average Bonchev–Trinajstić information content (AvgIpc) is 3.48. The number of aromatic nitrogens is 2. The maximum Gasteiger partial charge on any atom is 0.220 e. The SMILES string of the molecule is C[C@@H](Oc1cc(-c2ccc(N3CCN(C4COC4)CC3)c(F)c2)cc2ncn(C3CC3)c12)C1CNC(=O)C1. The molecule has 1 amide bonds. The molecule has 1 aromatic heterocycles. The molecule has 1 saturated carbocycles. The normalized spacial score (nSPS) is 23.5. The number of hydrogen-bond donors (Lipinski definition) is 1. The molecule has 4 aliphatic rings. The quantitative estimate of drug-likeness (QED) is 0.515. The summed E-state index contributed by atoms with van der Waals surface area (Å²) < 4.78 is 29.5. The number of benzene rings is 2. The van der Waals surface area contributed by atoms with Crippen molar-refractivity contribution >= 4 is 22.6 Å². The highest BCUT2D eigenvalue weighted by Crippen LogP contribution is 2.42. The number of nitrogens with one attached hydrogen (secondary N) is 1. The van der Waals surface area contributed by atoms with E-state index in [9.17, 15) is 4.79 Å². The van der Waals surface area contributed by atoms with Crippen LogP contribution in [0.1, 0.15) is 32.2 Å². The molecule has 2 atom stereocenters. The summed E-state index contributed by atoms with van der Waals surface area (Å²) in [4.78, 5) is 21.1. The number of amides is 1. The van der Waals surface area contributed by atoms with Crippen molar-refractivity contribution in [2.45, 2.75) is 44.4 Å². The predicted octanol–water partition coefficient (Wildman–Crippen LogP) is 3.60. The highest BCUT2D eigenvalue weighted by molar-refractivity contribution is 5.88. The molecule has 3 aliphatic heterocycles. The number of piperazine rings is 1. The molecule has 1 unspecified atom stereocenters. The van der Waals surface area contributed by atoms with Crippen molar-refractivity contribution in [2.75, 3.05) is 50.8 Å². The van der Waals surface area contributed by atoms with Crippen molar-refractivity contribution < 1.29 is 18.7 Å². The third-order valence-electron chi connectivity index (χ3n) is 8.63. The molecule has 7 rings (SSSR count). The monoisotopic (exact) mass is 519 g/mol. The van der Waals surface area contributed by atoms with Crippen molar-refractivity contribution in [2.24, 2.45) is 5.92 Å². The number of rotatable bonds is 7. The smallest absolute Gasteiger partial charge is 0.220 e. The van der Waals surface area contributed by atoms with Crippen LogP contribution in [-0.2, 0) is 9.53 Å². The number of imidazole rings is 1. The maximum absolute atomic E-state index is 15.5. The summed E-state index contributed by atoms with van der Waals surface area (Å²) in [5.74, 6) is 0.723. The Morgan fingerprint density at radius 1 is 1.08 bits per heavy atom. The van der Waals surface area contributed by atoms with E-state index >= 15 is 4.39 Å². The summed E-state index contributed by atoms with van der Waals surface area (Å²) in [6.07, 6.45) is 4.50. The van der Waals surface area contributed by atoms with Gasteiger partial charge in [-0.2, -0.15) is 0 Å². The Hall–Kier alpha value is -3.17. The van der Waals surface area contributed by atoms with Crippen LogP contribution in [-0.4, -0.2) is 78.4 Å². The van der Waals surface area contributed by atoms with Crippen LogP contribution in [0.5, 0.6) is 5.75 Å². The van der Waals surface area contributed by atoms with Gasteiger partial charge in [0.15, 0.2) is 0 Å². The molecule has 8 nitrogen and oxygen atoms in total. The van der Waals surface area contributed by atoms with E-state index in [0.717, 1.165) is 80.1 Å². The first-order valence-electron chi connectivity index (χ1n) is 13.8. The Bertz CT molecular complexity index is 1360. The van der Waals surface area contributed by atoms with Gasteiger partial charge in [0.25, 0.3) is 0 Å². The zero-order valence-electron chi connectivity index (χ0n) is 21.7. The third-order valence-corrected chi connectivity index (χ3v) is 8.63. The summed E-state index contributed by atoms with van der Waals surface area (Å²) in [6, 6.07) is 10.5. The molecule has 3 aromatic rings. The molecule has 0 spiro atoms. The molecule has 1 aliphatic carbocycles. The molecule has 4 fully saturated rings. The van der Waals surface area contributed by atoms with E-state index < -0.39 is 0 Å². The van der Waals surface area contributed by atoms with Gasteiger partial charge in [-0.15, -0.1) is 0 Å². The Balaban J connectivity index is 1.16. The van der Waals surface area contributed by atoms with Gasteiger partial charge in [-0.1, -0.05) is 6.07 Å². The van der Waals surface area contributed by atoms with Gasteiger partial charge >= 0.3 is 0 Å². The van der Waals surface area contributed by atoms with Crippen LogP contribution >= 0.6 is 0 Å². The number of hydrogen-bond acceptors (Lipinski definition) is 6. The van der Waals surface area contributed by atoms with E-state index in [-0.39, 0.29) is 23.7 Å². The standard InChI is InChI=1S/C29H34FN5O3/c1-18(21-13-28(36)31-14-21)38-27-12-20(11-25-29(27)35(17-32-25)22-3-4-22)19-2-5-26(24(30)10-19)34-8-6-33(7-9-34)23-15-37-16-23/h2,5,10-12,17-18,21-23H,3-4,6-9,13-16H2,1H3,(H,31,36)/t18-,21?/m1/s1. The van der Waals surface area contributed by atoms with Gasteiger partial charge in [0.1, 0.15) is 23.2 Å². The number of halogens is 1. The van der Waals surface area contributed by atoms with Gasteiger partial charge in [-0.3, -0.25) is 9.69 Å². The third kappa shape index (κ3) is 4.41. The lowest BCUT2D eigenvalue weighted by atomic mass is 10.0. The molecule has 200 valence electrons. The number of fused-ring (bicyclic) bond motifs is 1. The highest BCUT2D eigenvalue weighted by atomic mass is 19.1. The van der Waals surface area contributed by atoms with E-state index in [0.29, 0.717) is 30.7 Å². The topological polar surface area (TPSA) is 71.9 Å². The minimum absolute atomic E-state index is 0.0707. The van der Waals surface area contributed by atoms with Gasteiger partial charge in [-0.05, 0) is 55.2 Å². The van der Waals surface area contributed by atoms with Crippen molar-refractivity contribution in [1.82, 2.24) is 19.8 Å². The highest BCUT2D eigenvalue weighted by Gasteiger charge is 2.32. The largest absolute Gasteiger partial charge is 0.488 e. The number of nitrogens with zero attached hydrogens (tertiary/aromatic N) is 4. The van der Waals surface area contributed by atoms with E-state index in [1.54, 1.807) is 6.07 Å². The fourth-order valence-electron chi connectivity index (χ4n) is 5.98. The molecule has 0 radical (unpaired) electrons. The lowest BCUT2D eigenvalue weighted by Gasteiger charge is -2.43. The number of carbonyl (C=O) groups is 1. The summed E-state index contributed by atoms with van der Waals surface area (Å²) >= 11 is 0. The molecule has 0 bridgehead atoms. The predicted molar refractivity (Wildman–Crippen MR) is 143 cm³/mol. The maximum atomic E-state index is 15.5. The van der Waals surface area contributed by atoms with Crippen LogP contribution in [0.25, 0.3) is 22.2 Å². The molecular formula is C29H34FN5O3. The molecule has 1 N–H and O–H groups in total. The second-order valence-corrected chi connectivity index (χ2v) is 11.2. The van der Waals surface area contributed by atoms with E-state index in [4.69, 9.17) is 14.5 Å². The molecule has 38 heavy (non-hydrogen) atoms. The fourth-order valence-corrected chi connectivity index (χ4v) is 5.98. The number of anilines is 1. The second-order valence-electron chi connectivity index (χ2n) is 11.2. The Kier molecular flexibility index (Phi) is 6.00. The molecule has 9 heteroatoms. The lowest BCUT2D eigenvalue weighted by molar-refractivity contribution is -0.119. The minimum atomic E-state index is -0.210. The van der Waals surface area contributed by atoms with E-state index in [1.165, 1.54) is 0 Å². The summed E-state index contributed by atoms with van der Waals surface area (Å²) in [5, 5.41) is 2.91. The van der Waals surface area contributed by atoms with Crippen LogP contribution in [0.15, 0.2) is 36.7 Å². The van der Waals surface area contributed by atoms with Crippen LogP contribution in [0, 0.1) is 11.7 Å². The summed E-state index contributed by atoms with van der Waals surface area (Å²) in [7, 11) is 0. The zero-order valence-corrected chi connectivity index (χ0v) is 21.7. The minimum Gasteiger partial charge on any atom is -0.488 e. The lowest BCUT2D eigenvalue weighted by Crippen LogP contribution is -2.56. The first-order valence-corrected chi connectivity index (χ1v) is 13.8. The van der Waals surface area contributed by atoms with Crippen molar-refractivity contribution in [3.05, 3.63) is 42.5 Å². The second kappa shape index (κ2) is 9.54. The Morgan fingerprint density at radius 3 is 2.55 bits per heavy atom. The first kappa shape index (κ1) is 23.9. The van der Waals surface area contributed by atoms with Gasteiger partial charge in [0, 0.05) is 51.1 Å². The molecular weight excluding hydrogens is 485 g/mol. The van der Waals surface area contributed by atoms with Gasteiger partial charge < -0.3 is 24.3 Å². The van der Waals surface area contributed by atoms with Crippen LogP contribution in [0.4, 0.5) is 10.1 Å². The van der Waals surface area contributed by atoms with Crippen LogP contribution in [0.3, 0.4) is 0 Å². The fraction of sp³-hybridized carbons (Fsp3) is 0.517. The summed E-state index contributed by atoms with van der Waals surface area (Å²) in [5.41, 5.74) is 4.15. The van der Waals surface area contributed by atoms with Gasteiger partial charge in [0.2, 0.25) is 5.91 Å². The summed E-state index contributed by atoms with van der Waals surface area (Å²) in [6.45, 7) is 7.75. The van der Waals surface area contributed by atoms with Gasteiger partial charge in [0.05, 0.1) is 36.8 Å². The van der Waals surface area contributed by atoms with Crippen LogP contribution < -0.4 is 15.0 Å². The number of ether oxygens (including phenoxy) is 2. The Labute approximate surface area is 221 Å². The van der Waals surface area contributed by atoms with Gasteiger partial charge in [-0.25, -0.2) is 9.37 Å². The van der Waals surface area contributed by atoms with E-state index in [2.05, 4.69) is 19.7 Å². The first-order chi connectivity index (χ1) is 18.5. The Morgan fingerprint density at radius 2 is 1.89 bits per heavy atom. The van der Waals surface area contributed by atoms with Crippen LogP contribution in [0.2, 0.25) is 0 Å². The van der Waals surface area contributed by atoms with Crippen molar-refractivity contribution in [1.29, 1.82) is 0 Å². The van der Waals surface area contributed by atoms with Crippen molar-refractivity contribution in [3.8, 4) is 16.9 Å². The van der Waals surface area contributed by atoms with Crippen molar-refractivity contribution in [3.63, 3.8) is 0 Å². The number of carbonyl (C=O) groups excluding carboxylic acids is 1. The average molecular weight is 520 g/mol. The van der Waals surface area contributed by atoms with E-state index in [1.807, 2.05) is 37.5 Å². The zero-order chi connectivity index (χ0) is 25.8. The molecule has 4 heterocycles. The molecule has 2 aromatic carbocycles.